The molecule has 1 heterocycles. The summed E-state index contributed by atoms with van der Waals surface area (Å²) in [6, 6.07) is 7.54. The Morgan fingerprint density at radius 1 is 1.19 bits per heavy atom. The first-order valence-corrected chi connectivity index (χ1v) is 9.42. The van der Waals surface area contributed by atoms with Gasteiger partial charge in [0.1, 0.15) is 0 Å². The molecule has 1 aliphatic heterocycles. The van der Waals surface area contributed by atoms with Crippen molar-refractivity contribution in [1.29, 1.82) is 0 Å². The first-order chi connectivity index (χ1) is 10.1. The third-order valence-corrected chi connectivity index (χ3v) is 6.28. The van der Waals surface area contributed by atoms with E-state index in [0.29, 0.717) is 25.6 Å². The standard InChI is InChI=1S/C16H26N2O2S/c1-2-14-6-5-10-18(11-9-14)21(19,20)13-16-8-4-3-7-15(16)12-17/h3-4,7-8,14H,2,5-6,9-13,17H2,1H3. The molecule has 1 atom stereocenters. The molecule has 2 N–H and O–H groups in total. The zero-order chi connectivity index (χ0) is 15.3. The van der Waals surface area contributed by atoms with E-state index in [1.807, 2.05) is 24.3 Å². The fourth-order valence-electron chi connectivity index (χ4n) is 3.01. The van der Waals surface area contributed by atoms with Crippen LogP contribution in [-0.4, -0.2) is 25.8 Å². The molecule has 0 aliphatic carbocycles. The number of sulfonamides is 1. The molecule has 21 heavy (non-hydrogen) atoms. The predicted octanol–water partition coefficient (Wildman–Crippen LogP) is 2.49. The van der Waals surface area contributed by atoms with E-state index in [9.17, 15) is 8.42 Å². The molecule has 0 bridgehead atoms. The van der Waals surface area contributed by atoms with Gasteiger partial charge in [0, 0.05) is 19.6 Å². The van der Waals surface area contributed by atoms with Crippen LogP contribution in [0.3, 0.4) is 0 Å². The van der Waals surface area contributed by atoms with E-state index in [1.165, 1.54) is 0 Å². The molecular formula is C16H26N2O2S. The van der Waals surface area contributed by atoms with Crippen LogP contribution < -0.4 is 5.73 Å². The molecule has 118 valence electrons. The lowest BCUT2D eigenvalue weighted by Crippen LogP contribution is -2.33. The van der Waals surface area contributed by atoms with Crippen LogP contribution in [0.25, 0.3) is 0 Å². The molecule has 0 saturated carbocycles. The molecule has 1 unspecified atom stereocenters. The monoisotopic (exact) mass is 310 g/mol. The highest BCUT2D eigenvalue weighted by Gasteiger charge is 2.26. The van der Waals surface area contributed by atoms with Gasteiger partial charge in [0.05, 0.1) is 5.75 Å². The number of nitrogens with zero attached hydrogens (tertiary/aromatic N) is 1. The van der Waals surface area contributed by atoms with Crippen LogP contribution in [0.1, 0.15) is 43.7 Å². The van der Waals surface area contributed by atoms with E-state index in [1.54, 1.807) is 4.31 Å². The second-order valence-corrected chi connectivity index (χ2v) is 7.80. The number of rotatable bonds is 5. The molecule has 0 radical (unpaired) electrons. The fourth-order valence-corrected chi connectivity index (χ4v) is 4.66. The third kappa shape index (κ3) is 4.28. The average molecular weight is 310 g/mol. The second kappa shape index (κ2) is 7.38. The lowest BCUT2D eigenvalue weighted by Gasteiger charge is -2.21. The summed E-state index contributed by atoms with van der Waals surface area (Å²) in [5, 5.41) is 0. The van der Waals surface area contributed by atoms with Crippen LogP contribution in [0.5, 0.6) is 0 Å². The molecule has 2 rings (SSSR count). The molecule has 4 nitrogen and oxygen atoms in total. The highest BCUT2D eigenvalue weighted by atomic mass is 32.2. The maximum atomic E-state index is 12.7. The van der Waals surface area contributed by atoms with Crippen molar-refractivity contribution in [2.45, 2.75) is 44.9 Å². The topological polar surface area (TPSA) is 63.4 Å². The van der Waals surface area contributed by atoms with Crippen molar-refractivity contribution in [3.8, 4) is 0 Å². The Morgan fingerprint density at radius 2 is 1.90 bits per heavy atom. The largest absolute Gasteiger partial charge is 0.326 e. The summed E-state index contributed by atoms with van der Waals surface area (Å²) in [4.78, 5) is 0. The molecule has 1 aromatic carbocycles. The van der Waals surface area contributed by atoms with Crippen molar-refractivity contribution >= 4 is 10.0 Å². The zero-order valence-electron chi connectivity index (χ0n) is 12.8. The first-order valence-electron chi connectivity index (χ1n) is 7.81. The fraction of sp³-hybridized carbons (Fsp3) is 0.625. The molecule has 0 spiro atoms. The van der Waals surface area contributed by atoms with Crippen LogP contribution in [0.4, 0.5) is 0 Å². The lowest BCUT2D eigenvalue weighted by molar-refractivity contribution is 0.407. The van der Waals surface area contributed by atoms with Crippen LogP contribution in [0.15, 0.2) is 24.3 Å². The molecule has 1 aromatic rings. The minimum absolute atomic E-state index is 0.0666. The number of hydrogen-bond donors (Lipinski definition) is 1. The minimum Gasteiger partial charge on any atom is -0.326 e. The molecule has 1 saturated heterocycles. The van der Waals surface area contributed by atoms with Gasteiger partial charge in [-0.1, -0.05) is 37.6 Å². The SMILES string of the molecule is CCC1CCCN(S(=O)(=O)Cc2ccccc2CN)CC1. The predicted molar refractivity (Wildman–Crippen MR) is 86.2 cm³/mol. The Bertz CT molecular complexity index is 557. The average Bonchev–Trinajstić information content (AvgIpc) is 2.73. The zero-order valence-corrected chi connectivity index (χ0v) is 13.6. The molecule has 1 aliphatic rings. The third-order valence-electron chi connectivity index (χ3n) is 4.45. The summed E-state index contributed by atoms with van der Waals surface area (Å²) < 4.78 is 27.0. The highest BCUT2D eigenvalue weighted by molar-refractivity contribution is 7.88. The van der Waals surface area contributed by atoms with Crippen LogP contribution >= 0.6 is 0 Å². The second-order valence-electron chi connectivity index (χ2n) is 5.83. The van der Waals surface area contributed by atoms with Crippen molar-refractivity contribution in [3.63, 3.8) is 0 Å². The van der Waals surface area contributed by atoms with E-state index in [4.69, 9.17) is 5.73 Å². The first kappa shape index (κ1) is 16.5. The number of hydrogen-bond acceptors (Lipinski definition) is 3. The van der Waals surface area contributed by atoms with E-state index >= 15 is 0 Å². The lowest BCUT2D eigenvalue weighted by atomic mass is 9.98. The van der Waals surface area contributed by atoms with E-state index in [0.717, 1.165) is 36.8 Å². The van der Waals surface area contributed by atoms with Crippen molar-refractivity contribution in [2.75, 3.05) is 13.1 Å². The Balaban J connectivity index is 2.11. The van der Waals surface area contributed by atoms with Gasteiger partial charge in [-0.25, -0.2) is 12.7 Å². The van der Waals surface area contributed by atoms with Gasteiger partial charge in [-0.05, 0) is 36.3 Å². The molecule has 1 fully saturated rings. The minimum atomic E-state index is -3.25. The smallest absolute Gasteiger partial charge is 0.218 e. The quantitative estimate of drug-likeness (QED) is 0.909. The van der Waals surface area contributed by atoms with Crippen molar-refractivity contribution < 1.29 is 8.42 Å². The van der Waals surface area contributed by atoms with Gasteiger partial charge >= 0.3 is 0 Å². The van der Waals surface area contributed by atoms with E-state index in [-0.39, 0.29) is 5.75 Å². The van der Waals surface area contributed by atoms with Gasteiger partial charge in [-0.3, -0.25) is 0 Å². The Morgan fingerprint density at radius 3 is 2.57 bits per heavy atom. The Hall–Kier alpha value is -0.910. The van der Waals surface area contributed by atoms with E-state index in [2.05, 4.69) is 6.92 Å². The van der Waals surface area contributed by atoms with Crippen molar-refractivity contribution in [3.05, 3.63) is 35.4 Å². The maximum Gasteiger partial charge on any atom is 0.218 e. The van der Waals surface area contributed by atoms with Gasteiger partial charge in [0.25, 0.3) is 0 Å². The molecule has 5 heteroatoms. The molecule has 0 aromatic heterocycles. The molecular weight excluding hydrogens is 284 g/mol. The summed E-state index contributed by atoms with van der Waals surface area (Å²) in [6.07, 6.45) is 4.23. The van der Waals surface area contributed by atoms with Gasteiger partial charge in [0.15, 0.2) is 0 Å². The van der Waals surface area contributed by atoms with Gasteiger partial charge in [-0.15, -0.1) is 0 Å². The summed E-state index contributed by atoms with van der Waals surface area (Å²) in [5.41, 5.74) is 7.45. The number of nitrogens with two attached hydrogens (primary N) is 1. The number of benzene rings is 1. The summed E-state index contributed by atoms with van der Waals surface area (Å²) in [7, 11) is -3.25. The maximum absolute atomic E-state index is 12.7. The van der Waals surface area contributed by atoms with Crippen LogP contribution in [0, 0.1) is 5.92 Å². The van der Waals surface area contributed by atoms with E-state index < -0.39 is 10.0 Å². The highest BCUT2D eigenvalue weighted by Crippen LogP contribution is 2.23. The van der Waals surface area contributed by atoms with Crippen LogP contribution in [-0.2, 0) is 22.3 Å². The summed E-state index contributed by atoms with van der Waals surface area (Å²) in [5.74, 6) is 0.735. The summed E-state index contributed by atoms with van der Waals surface area (Å²) >= 11 is 0. The van der Waals surface area contributed by atoms with Crippen LogP contribution in [0.2, 0.25) is 0 Å². The Labute approximate surface area is 128 Å². The normalized spacial score (nSPS) is 21.1. The van der Waals surface area contributed by atoms with Crippen molar-refractivity contribution in [1.82, 2.24) is 4.31 Å². The van der Waals surface area contributed by atoms with Crippen molar-refractivity contribution in [2.24, 2.45) is 11.7 Å². The van der Waals surface area contributed by atoms with Gasteiger partial charge < -0.3 is 5.73 Å². The summed E-state index contributed by atoms with van der Waals surface area (Å²) in [6.45, 7) is 3.88. The van der Waals surface area contributed by atoms with Gasteiger partial charge in [-0.2, -0.15) is 0 Å². The Kier molecular flexibility index (Phi) is 5.79. The van der Waals surface area contributed by atoms with Gasteiger partial charge in [0.2, 0.25) is 10.0 Å². The molecule has 0 amide bonds.